The lowest BCUT2D eigenvalue weighted by Gasteiger charge is -2.37. The average Bonchev–Trinajstić information content (AvgIpc) is 3.21. The predicted octanol–water partition coefficient (Wildman–Crippen LogP) is 3.83. The molecule has 3 heterocycles. The quantitative estimate of drug-likeness (QED) is 0.721. The van der Waals surface area contributed by atoms with Gasteiger partial charge in [0.05, 0.1) is 35.5 Å². The number of benzene rings is 1. The maximum absolute atomic E-state index is 11.8. The number of carbonyl (C=O) groups excluding carboxylic acids is 1. The highest BCUT2D eigenvalue weighted by molar-refractivity contribution is 5.84. The van der Waals surface area contributed by atoms with E-state index in [1.807, 2.05) is 13.8 Å². The fourth-order valence-electron chi connectivity index (χ4n) is 4.46. The Labute approximate surface area is 168 Å². The molecule has 8 heteroatoms. The van der Waals surface area contributed by atoms with Crippen LogP contribution in [0.15, 0.2) is 22.7 Å². The zero-order chi connectivity index (χ0) is 20.1. The van der Waals surface area contributed by atoms with Crippen LogP contribution in [-0.4, -0.2) is 40.6 Å². The molecule has 2 aromatic heterocycles. The molecule has 1 saturated carbocycles. The zero-order valence-corrected chi connectivity index (χ0v) is 16.8. The largest absolute Gasteiger partial charge is 0.449 e. The number of aryl methyl sites for hydroxylation is 2. The summed E-state index contributed by atoms with van der Waals surface area (Å²) in [4.78, 5) is 16.8. The second kappa shape index (κ2) is 6.88. The molecule has 1 amide bonds. The van der Waals surface area contributed by atoms with Crippen LogP contribution in [0, 0.1) is 13.8 Å². The van der Waals surface area contributed by atoms with E-state index in [1.165, 1.54) is 0 Å². The minimum absolute atomic E-state index is 0.159. The van der Waals surface area contributed by atoms with E-state index in [0.717, 1.165) is 52.3 Å². The van der Waals surface area contributed by atoms with E-state index >= 15 is 0 Å². The van der Waals surface area contributed by atoms with Gasteiger partial charge < -0.3 is 23.9 Å². The Hall–Kier alpha value is -2.87. The van der Waals surface area contributed by atoms with Gasteiger partial charge in [-0.05, 0) is 44.4 Å². The molecule has 0 unspecified atom stereocenters. The van der Waals surface area contributed by atoms with Crippen LogP contribution in [0.2, 0.25) is 0 Å². The Morgan fingerprint density at radius 2 is 2.10 bits per heavy atom. The fourth-order valence-corrected chi connectivity index (χ4v) is 4.46. The van der Waals surface area contributed by atoms with Crippen LogP contribution in [0.25, 0.3) is 22.2 Å². The van der Waals surface area contributed by atoms with Gasteiger partial charge in [0.25, 0.3) is 0 Å². The third kappa shape index (κ3) is 2.98. The number of imidazole rings is 1. The molecule has 1 N–H and O–H groups in total. The van der Waals surface area contributed by atoms with Crippen LogP contribution in [0.3, 0.4) is 0 Å². The molecule has 1 saturated heterocycles. The van der Waals surface area contributed by atoms with Crippen molar-refractivity contribution in [3.05, 3.63) is 35.5 Å². The van der Waals surface area contributed by atoms with Gasteiger partial charge in [-0.15, -0.1) is 0 Å². The first-order chi connectivity index (χ1) is 14.0. The predicted molar refractivity (Wildman–Crippen MR) is 106 cm³/mol. The van der Waals surface area contributed by atoms with Crippen molar-refractivity contribution in [2.45, 2.75) is 51.3 Å². The highest BCUT2D eigenvalue weighted by Gasteiger charge is 2.36. The van der Waals surface area contributed by atoms with Gasteiger partial charge in [-0.3, -0.25) is 0 Å². The molecule has 5 rings (SSSR count). The fraction of sp³-hybridized carbons (Fsp3) is 0.476. The van der Waals surface area contributed by atoms with Crippen molar-refractivity contribution >= 4 is 17.1 Å². The van der Waals surface area contributed by atoms with Gasteiger partial charge in [-0.25, -0.2) is 9.78 Å². The Kier molecular flexibility index (Phi) is 4.31. The van der Waals surface area contributed by atoms with Gasteiger partial charge in [-0.2, -0.15) is 0 Å². The van der Waals surface area contributed by atoms with E-state index < -0.39 is 0 Å². The van der Waals surface area contributed by atoms with Crippen molar-refractivity contribution in [2.75, 3.05) is 13.7 Å². The normalized spacial score (nSPS) is 24.2. The molecule has 3 aromatic rings. The third-order valence-electron chi connectivity index (χ3n) is 6.05. The molecule has 1 aliphatic carbocycles. The Morgan fingerprint density at radius 1 is 1.28 bits per heavy atom. The molecule has 1 aromatic carbocycles. The number of amides is 1. The zero-order valence-electron chi connectivity index (χ0n) is 16.8. The molecular weight excluding hydrogens is 372 g/mol. The summed E-state index contributed by atoms with van der Waals surface area (Å²) >= 11 is 0. The maximum Gasteiger partial charge on any atom is 0.407 e. The Balaban J connectivity index is 1.61. The van der Waals surface area contributed by atoms with Crippen molar-refractivity contribution in [1.82, 2.24) is 20.0 Å². The highest BCUT2D eigenvalue weighted by atomic mass is 16.6. The lowest BCUT2D eigenvalue weighted by molar-refractivity contribution is 0.00574. The minimum Gasteiger partial charge on any atom is -0.449 e. The van der Waals surface area contributed by atoms with E-state index in [-0.39, 0.29) is 18.2 Å². The van der Waals surface area contributed by atoms with E-state index in [9.17, 15) is 4.79 Å². The van der Waals surface area contributed by atoms with Crippen LogP contribution in [0.4, 0.5) is 4.79 Å². The second-order valence-electron chi connectivity index (χ2n) is 7.85. The molecule has 1 aliphatic heterocycles. The minimum atomic E-state index is -0.389. The molecule has 0 bridgehead atoms. The first-order valence-electron chi connectivity index (χ1n) is 9.96. The van der Waals surface area contributed by atoms with Crippen LogP contribution in [0.5, 0.6) is 0 Å². The summed E-state index contributed by atoms with van der Waals surface area (Å²) in [6, 6.07) is 6.42. The van der Waals surface area contributed by atoms with Crippen molar-refractivity contribution in [3.8, 4) is 11.1 Å². The van der Waals surface area contributed by atoms with Crippen LogP contribution < -0.4 is 5.32 Å². The molecule has 2 fully saturated rings. The molecule has 152 valence electrons. The Bertz CT molecular complexity index is 1060. The van der Waals surface area contributed by atoms with Crippen molar-refractivity contribution < 1.29 is 18.8 Å². The number of nitrogens with zero attached hydrogens (tertiary/aromatic N) is 3. The van der Waals surface area contributed by atoms with Crippen LogP contribution >= 0.6 is 0 Å². The van der Waals surface area contributed by atoms with Gasteiger partial charge in [0.15, 0.2) is 0 Å². The van der Waals surface area contributed by atoms with Crippen molar-refractivity contribution in [1.29, 1.82) is 0 Å². The van der Waals surface area contributed by atoms with Gasteiger partial charge >= 0.3 is 6.09 Å². The highest BCUT2D eigenvalue weighted by Crippen LogP contribution is 2.40. The van der Waals surface area contributed by atoms with E-state index in [2.05, 4.69) is 33.2 Å². The number of hydrogen-bond acceptors (Lipinski definition) is 6. The summed E-state index contributed by atoms with van der Waals surface area (Å²) in [5.41, 5.74) is 4.87. The van der Waals surface area contributed by atoms with E-state index in [4.69, 9.17) is 19.0 Å². The summed E-state index contributed by atoms with van der Waals surface area (Å²) in [5, 5.41) is 6.99. The van der Waals surface area contributed by atoms with Crippen LogP contribution in [0.1, 0.15) is 48.6 Å². The van der Waals surface area contributed by atoms with Gasteiger partial charge in [0.1, 0.15) is 11.6 Å². The molecule has 1 atom stereocenters. The first-order valence-corrected chi connectivity index (χ1v) is 9.96. The second-order valence-corrected chi connectivity index (χ2v) is 7.85. The van der Waals surface area contributed by atoms with Gasteiger partial charge in [-0.1, -0.05) is 11.2 Å². The number of hydrogen-bond donors (Lipinski definition) is 1. The molecule has 0 radical (unpaired) electrons. The number of rotatable bonds is 4. The number of aromatic nitrogens is 3. The lowest BCUT2D eigenvalue weighted by Crippen LogP contribution is -2.39. The number of nitrogens with one attached hydrogen (secondary N) is 1. The van der Waals surface area contributed by atoms with Crippen molar-refractivity contribution in [3.63, 3.8) is 0 Å². The molecule has 2 aliphatic rings. The molecular formula is C21H24N4O4. The number of ether oxygens (including phenoxy) is 2. The van der Waals surface area contributed by atoms with Crippen LogP contribution in [-0.2, 0) is 9.47 Å². The van der Waals surface area contributed by atoms with E-state index in [1.54, 1.807) is 7.11 Å². The average molecular weight is 396 g/mol. The standard InChI is InChI=1S/C21H24N4O4/c1-11-19(12(2)29-24-11)13-4-5-18-17(8-13)22-20(16-6-7-28-21(26)23-16)25(18)14-9-15(10-14)27-3/h4-5,8,14-16H,6-7,9-10H2,1-3H3,(H,23,26)/t14?,15?,16-/m0/s1. The summed E-state index contributed by atoms with van der Waals surface area (Å²) < 4.78 is 18.1. The Morgan fingerprint density at radius 3 is 2.79 bits per heavy atom. The number of methoxy groups -OCH3 is 1. The number of cyclic esters (lactones) is 1. The molecule has 8 nitrogen and oxygen atoms in total. The summed E-state index contributed by atoms with van der Waals surface area (Å²) in [6.07, 6.45) is 2.47. The van der Waals surface area contributed by atoms with Gasteiger partial charge in [0.2, 0.25) is 0 Å². The summed E-state index contributed by atoms with van der Waals surface area (Å²) in [5.74, 6) is 1.67. The topological polar surface area (TPSA) is 91.4 Å². The first kappa shape index (κ1) is 18.2. The smallest absolute Gasteiger partial charge is 0.407 e. The number of fused-ring (bicyclic) bond motifs is 1. The van der Waals surface area contributed by atoms with E-state index in [0.29, 0.717) is 19.1 Å². The third-order valence-corrected chi connectivity index (χ3v) is 6.05. The maximum atomic E-state index is 11.8. The monoisotopic (exact) mass is 396 g/mol. The number of carbonyl (C=O) groups is 1. The van der Waals surface area contributed by atoms with Gasteiger partial charge in [0, 0.05) is 25.1 Å². The molecule has 29 heavy (non-hydrogen) atoms. The van der Waals surface area contributed by atoms with Crippen molar-refractivity contribution in [2.24, 2.45) is 0 Å². The molecule has 0 spiro atoms. The lowest BCUT2D eigenvalue weighted by atomic mass is 9.88. The summed E-state index contributed by atoms with van der Waals surface area (Å²) in [7, 11) is 1.75. The summed E-state index contributed by atoms with van der Waals surface area (Å²) in [6.45, 7) is 4.26. The SMILES string of the molecule is COC1CC(n2c([C@@H]3CCOC(=O)N3)nc3cc(-c4c(C)noc4C)ccc32)C1. The number of alkyl carbamates (subject to hydrolysis) is 1.